The lowest BCUT2D eigenvalue weighted by Crippen LogP contribution is -2.14. The molecule has 0 fully saturated rings. The average molecular weight is 274 g/mol. The number of aromatic hydroxyl groups is 1. The number of anilines is 1. The Morgan fingerprint density at radius 1 is 1.30 bits per heavy atom. The molecule has 0 radical (unpaired) electrons. The number of amides is 1. The Balaban J connectivity index is 1.98. The molecule has 0 unspecified atom stereocenters. The van der Waals surface area contributed by atoms with Crippen LogP contribution in [0.3, 0.4) is 0 Å². The Hall–Kier alpha value is -2.30. The summed E-state index contributed by atoms with van der Waals surface area (Å²) in [5.41, 5.74) is 1.48. The summed E-state index contributed by atoms with van der Waals surface area (Å²) in [5.74, 6) is 0.338. The van der Waals surface area contributed by atoms with Gasteiger partial charge in [-0.25, -0.2) is 0 Å². The number of nitrogens with one attached hydrogen (secondary N) is 1. The second kappa shape index (κ2) is 5.36. The Morgan fingerprint density at radius 3 is 2.50 bits per heavy atom. The predicted molar refractivity (Wildman–Crippen MR) is 75.6 cm³/mol. The van der Waals surface area contributed by atoms with Crippen molar-refractivity contribution in [2.24, 2.45) is 0 Å². The van der Waals surface area contributed by atoms with Crippen LogP contribution < -0.4 is 5.32 Å². The Bertz CT molecular complexity index is 594. The number of hydrogen-bond donors (Lipinski definition) is 2. The quantitative estimate of drug-likeness (QED) is 0.902. The van der Waals surface area contributed by atoms with Gasteiger partial charge in [-0.05, 0) is 17.7 Å². The van der Waals surface area contributed by atoms with E-state index in [9.17, 15) is 9.90 Å². The van der Waals surface area contributed by atoms with Crippen LogP contribution in [-0.2, 0) is 16.6 Å². The minimum absolute atomic E-state index is 0.122. The van der Waals surface area contributed by atoms with Gasteiger partial charge in [0.15, 0.2) is 0 Å². The van der Waals surface area contributed by atoms with Gasteiger partial charge < -0.3 is 9.63 Å². The maximum absolute atomic E-state index is 11.9. The molecular formula is C15H18N2O3. The monoisotopic (exact) mass is 274 g/mol. The van der Waals surface area contributed by atoms with Crippen LogP contribution >= 0.6 is 0 Å². The maximum Gasteiger partial charge on any atom is 0.231 e. The molecule has 1 aromatic heterocycles. The first-order valence-corrected chi connectivity index (χ1v) is 6.39. The highest BCUT2D eigenvalue weighted by Crippen LogP contribution is 2.23. The normalized spacial score (nSPS) is 11.3. The van der Waals surface area contributed by atoms with Crippen molar-refractivity contribution in [1.82, 2.24) is 5.16 Å². The molecule has 0 saturated heterocycles. The third-order valence-electron chi connectivity index (χ3n) is 2.84. The first-order chi connectivity index (χ1) is 9.34. The van der Waals surface area contributed by atoms with Crippen LogP contribution in [0.25, 0.3) is 0 Å². The zero-order valence-electron chi connectivity index (χ0n) is 11.8. The molecule has 0 saturated carbocycles. The van der Waals surface area contributed by atoms with Crippen molar-refractivity contribution in [3.8, 4) is 5.75 Å². The van der Waals surface area contributed by atoms with Gasteiger partial charge in [-0.15, -0.1) is 0 Å². The van der Waals surface area contributed by atoms with E-state index in [1.165, 1.54) is 0 Å². The van der Waals surface area contributed by atoms with E-state index >= 15 is 0 Å². The molecule has 5 nitrogen and oxygen atoms in total. The number of rotatable bonds is 3. The van der Waals surface area contributed by atoms with Crippen molar-refractivity contribution in [2.75, 3.05) is 5.32 Å². The second-order valence-corrected chi connectivity index (χ2v) is 5.72. The van der Waals surface area contributed by atoms with Gasteiger partial charge in [0.1, 0.15) is 5.75 Å². The highest BCUT2D eigenvalue weighted by Gasteiger charge is 2.19. The van der Waals surface area contributed by atoms with Crippen molar-refractivity contribution < 1.29 is 14.4 Å². The van der Waals surface area contributed by atoms with Crippen molar-refractivity contribution in [1.29, 1.82) is 0 Å². The number of nitrogens with zero attached hydrogens (tertiary/aromatic N) is 1. The van der Waals surface area contributed by atoms with E-state index in [0.717, 1.165) is 11.3 Å². The minimum atomic E-state index is -0.188. The van der Waals surface area contributed by atoms with Crippen LogP contribution in [0.2, 0.25) is 0 Å². The highest BCUT2D eigenvalue weighted by atomic mass is 16.5. The molecular weight excluding hydrogens is 256 g/mol. The Morgan fingerprint density at radius 2 is 1.95 bits per heavy atom. The van der Waals surface area contributed by atoms with E-state index in [-0.39, 0.29) is 23.5 Å². The first-order valence-electron chi connectivity index (χ1n) is 6.39. The third-order valence-corrected chi connectivity index (χ3v) is 2.84. The van der Waals surface area contributed by atoms with E-state index in [1.54, 1.807) is 30.3 Å². The number of phenols is 1. The fraction of sp³-hybridized carbons (Fsp3) is 0.333. The Kier molecular flexibility index (Phi) is 3.79. The van der Waals surface area contributed by atoms with Gasteiger partial charge in [-0.3, -0.25) is 10.1 Å². The molecule has 0 aliphatic rings. The summed E-state index contributed by atoms with van der Waals surface area (Å²) in [6.07, 6.45) is 0.214. The van der Waals surface area contributed by atoms with Crippen LogP contribution in [0.4, 0.5) is 5.88 Å². The molecule has 0 atom stereocenters. The van der Waals surface area contributed by atoms with Gasteiger partial charge in [-0.1, -0.05) is 38.1 Å². The molecule has 0 bridgehead atoms. The maximum atomic E-state index is 11.9. The standard InChI is InChI=1S/C15H18N2O3/c1-15(2,3)12-9-14(20-17-12)16-13(19)8-10-4-6-11(18)7-5-10/h4-7,9,18H,8H2,1-3H3,(H,16,19). The van der Waals surface area contributed by atoms with Crippen molar-refractivity contribution >= 4 is 11.8 Å². The molecule has 2 aromatic rings. The fourth-order valence-corrected chi connectivity index (χ4v) is 1.67. The van der Waals surface area contributed by atoms with Gasteiger partial charge in [0.05, 0.1) is 12.1 Å². The van der Waals surface area contributed by atoms with E-state index in [2.05, 4.69) is 10.5 Å². The number of hydrogen-bond acceptors (Lipinski definition) is 4. The van der Waals surface area contributed by atoms with Gasteiger partial charge in [0.25, 0.3) is 0 Å². The average Bonchev–Trinajstić information content (AvgIpc) is 2.80. The van der Waals surface area contributed by atoms with Crippen molar-refractivity contribution in [3.05, 3.63) is 41.6 Å². The number of phenolic OH excluding ortho intramolecular Hbond substituents is 1. The van der Waals surface area contributed by atoms with Crippen LogP contribution in [0.15, 0.2) is 34.9 Å². The SMILES string of the molecule is CC(C)(C)c1cc(NC(=O)Cc2ccc(O)cc2)on1. The molecule has 0 spiro atoms. The molecule has 0 aliphatic carbocycles. The first kappa shape index (κ1) is 14.1. The summed E-state index contributed by atoms with van der Waals surface area (Å²) in [6, 6.07) is 8.24. The van der Waals surface area contributed by atoms with E-state index in [1.807, 2.05) is 20.8 Å². The topological polar surface area (TPSA) is 75.4 Å². The largest absolute Gasteiger partial charge is 0.508 e. The molecule has 1 amide bonds. The second-order valence-electron chi connectivity index (χ2n) is 5.72. The van der Waals surface area contributed by atoms with E-state index in [0.29, 0.717) is 5.88 Å². The molecule has 5 heteroatoms. The van der Waals surface area contributed by atoms with Gasteiger partial charge in [0, 0.05) is 11.5 Å². The lowest BCUT2D eigenvalue weighted by molar-refractivity contribution is -0.115. The lowest BCUT2D eigenvalue weighted by Gasteiger charge is -2.12. The van der Waals surface area contributed by atoms with Crippen LogP contribution in [-0.4, -0.2) is 16.2 Å². The number of carbonyl (C=O) groups excluding carboxylic acids is 1. The molecule has 2 N–H and O–H groups in total. The number of aromatic nitrogens is 1. The van der Waals surface area contributed by atoms with E-state index < -0.39 is 0 Å². The molecule has 106 valence electrons. The number of benzene rings is 1. The highest BCUT2D eigenvalue weighted by molar-refractivity contribution is 5.91. The summed E-state index contributed by atoms with van der Waals surface area (Å²) in [5, 5.41) is 15.8. The molecule has 20 heavy (non-hydrogen) atoms. The minimum Gasteiger partial charge on any atom is -0.508 e. The van der Waals surface area contributed by atoms with Crippen molar-refractivity contribution in [3.63, 3.8) is 0 Å². The number of carbonyl (C=O) groups is 1. The van der Waals surface area contributed by atoms with Crippen LogP contribution in [0.5, 0.6) is 5.75 Å². The van der Waals surface area contributed by atoms with E-state index in [4.69, 9.17) is 4.52 Å². The summed E-state index contributed by atoms with van der Waals surface area (Å²) >= 11 is 0. The molecule has 1 heterocycles. The predicted octanol–water partition coefficient (Wildman–Crippen LogP) is 2.86. The van der Waals surface area contributed by atoms with Gasteiger partial charge in [-0.2, -0.15) is 0 Å². The molecule has 1 aromatic carbocycles. The van der Waals surface area contributed by atoms with Crippen molar-refractivity contribution in [2.45, 2.75) is 32.6 Å². The molecule has 2 rings (SSSR count). The van der Waals surface area contributed by atoms with Gasteiger partial charge in [0.2, 0.25) is 11.8 Å². The summed E-state index contributed by atoms with van der Waals surface area (Å²) in [4.78, 5) is 11.9. The lowest BCUT2D eigenvalue weighted by atomic mass is 9.92. The zero-order valence-corrected chi connectivity index (χ0v) is 11.8. The van der Waals surface area contributed by atoms with Crippen LogP contribution in [0, 0.1) is 0 Å². The summed E-state index contributed by atoms with van der Waals surface area (Å²) in [6.45, 7) is 6.06. The summed E-state index contributed by atoms with van der Waals surface area (Å²) in [7, 11) is 0. The Labute approximate surface area is 117 Å². The smallest absolute Gasteiger partial charge is 0.231 e. The summed E-state index contributed by atoms with van der Waals surface area (Å²) < 4.78 is 5.10. The fourth-order valence-electron chi connectivity index (χ4n) is 1.67. The zero-order chi connectivity index (χ0) is 14.8. The van der Waals surface area contributed by atoms with Crippen LogP contribution in [0.1, 0.15) is 32.0 Å². The third kappa shape index (κ3) is 3.60. The molecule has 0 aliphatic heterocycles. The van der Waals surface area contributed by atoms with Gasteiger partial charge >= 0.3 is 0 Å².